The second kappa shape index (κ2) is 8.71. The normalized spacial score (nSPS) is 16.3. The van der Waals surface area contributed by atoms with Gasteiger partial charge < -0.3 is 10.2 Å². The van der Waals surface area contributed by atoms with Crippen LogP contribution >= 0.6 is 11.3 Å². The summed E-state index contributed by atoms with van der Waals surface area (Å²) in [4.78, 5) is 26.9. The summed E-state index contributed by atoms with van der Waals surface area (Å²) in [5.74, 6) is -0.912. The summed E-state index contributed by atoms with van der Waals surface area (Å²) in [7, 11) is 0. The number of aromatic nitrogens is 2. The number of hydrogen-bond donors (Lipinski definition) is 1. The Morgan fingerprint density at radius 3 is 2.73 bits per heavy atom. The van der Waals surface area contributed by atoms with Crippen LogP contribution in [0.4, 0.5) is 10.1 Å². The first-order valence-electron chi connectivity index (χ1n) is 9.76. The first kappa shape index (κ1) is 20.2. The van der Waals surface area contributed by atoms with E-state index < -0.39 is 5.82 Å². The summed E-state index contributed by atoms with van der Waals surface area (Å²) >= 11 is 1.25. The van der Waals surface area contributed by atoms with E-state index in [1.165, 1.54) is 29.5 Å². The molecule has 1 aromatic heterocycles. The van der Waals surface area contributed by atoms with Gasteiger partial charge in [0.05, 0.1) is 0 Å². The van der Waals surface area contributed by atoms with Crippen molar-refractivity contribution in [3.8, 4) is 0 Å². The number of benzene rings is 2. The Kier molecular flexibility index (Phi) is 5.85. The van der Waals surface area contributed by atoms with Crippen LogP contribution in [-0.4, -0.2) is 40.0 Å². The Balaban J connectivity index is 1.43. The monoisotopic (exact) mass is 424 g/mol. The van der Waals surface area contributed by atoms with Gasteiger partial charge in [-0.1, -0.05) is 35.1 Å². The molecule has 0 unspecified atom stereocenters. The number of carbonyl (C=O) groups excluding carboxylic acids is 2. The lowest BCUT2D eigenvalue weighted by Gasteiger charge is -2.31. The zero-order valence-corrected chi connectivity index (χ0v) is 17.3. The molecule has 0 aliphatic carbocycles. The SMILES string of the molecule is Cc1ccc(NC(=O)c2nnc([C@@H]3CCCN(C(=O)c4cccc(F)c4)C3)s2)cc1. The van der Waals surface area contributed by atoms with Gasteiger partial charge in [-0.05, 0) is 50.1 Å². The molecule has 0 bridgehead atoms. The maximum absolute atomic E-state index is 13.5. The zero-order valence-electron chi connectivity index (χ0n) is 16.5. The zero-order chi connectivity index (χ0) is 21.1. The molecule has 2 heterocycles. The molecule has 0 saturated carbocycles. The van der Waals surface area contributed by atoms with Crippen molar-refractivity contribution >= 4 is 28.8 Å². The first-order chi connectivity index (χ1) is 14.5. The molecular weight excluding hydrogens is 403 g/mol. The van der Waals surface area contributed by atoms with Gasteiger partial charge in [0.2, 0.25) is 5.01 Å². The molecule has 8 heteroatoms. The molecule has 1 saturated heterocycles. The number of nitrogens with zero attached hydrogens (tertiary/aromatic N) is 3. The number of aryl methyl sites for hydroxylation is 1. The summed E-state index contributed by atoms with van der Waals surface area (Å²) in [6.07, 6.45) is 1.68. The van der Waals surface area contributed by atoms with Crippen molar-refractivity contribution in [2.24, 2.45) is 0 Å². The van der Waals surface area contributed by atoms with Crippen LogP contribution in [0.5, 0.6) is 0 Å². The minimum atomic E-state index is -0.428. The number of nitrogens with one attached hydrogen (secondary N) is 1. The Hall–Kier alpha value is -3.13. The Morgan fingerprint density at radius 2 is 1.97 bits per heavy atom. The van der Waals surface area contributed by atoms with Crippen LogP contribution in [0.3, 0.4) is 0 Å². The fraction of sp³-hybridized carbons (Fsp3) is 0.273. The summed E-state index contributed by atoms with van der Waals surface area (Å²) in [6, 6.07) is 13.3. The van der Waals surface area contributed by atoms with Crippen LogP contribution in [0.1, 0.15) is 49.5 Å². The second-order valence-corrected chi connectivity index (χ2v) is 8.38. The van der Waals surface area contributed by atoms with Crippen molar-refractivity contribution in [2.75, 3.05) is 18.4 Å². The molecule has 4 rings (SSSR count). The summed E-state index contributed by atoms with van der Waals surface area (Å²) in [5.41, 5.74) is 2.15. The van der Waals surface area contributed by atoms with Gasteiger partial charge in [0.1, 0.15) is 10.8 Å². The third kappa shape index (κ3) is 4.54. The lowest BCUT2D eigenvalue weighted by Crippen LogP contribution is -2.39. The quantitative estimate of drug-likeness (QED) is 0.679. The van der Waals surface area contributed by atoms with Crippen molar-refractivity contribution in [3.63, 3.8) is 0 Å². The molecular formula is C22H21FN4O2S. The van der Waals surface area contributed by atoms with E-state index in [2.05, 4.69) is 15.5 Å². The average molecular weight is 425 g/mol. The molecule has 0 radical (unpaired) electrons. The highest BCUT2D eigenvalue weighted by Crippen LogP contribution is 2.30. The molecule has 1 aliphatic rings. The molecule has 1 aliphatic heterocycles. The van der Waals surface area contributed by atoms with Crippen molar-refractivity contribution < 1.29 is 14.0 Å². The summed E-state index contributed by atoms with van der Waals surface area (Å²) in [5, 5.41) is 12.1. The molecule has 30 heavy (non-hydrogen) atoms. The molecule has 2 aromatic carbocycles. The maximum atomic E-state index is 13.5. The largest absolute Gasteiger partial charge is 0.338 e. The summed E-state index contributed by atoms with van der Waals surface area (Å²) in [6.45, 7) is 3.07. The van der Waals surface area contributed by atoms with Crippen LogP contribution in [0.2, 0.25) is 0 Å². The number of rotatable bonds is 4. The number of amides is 2. The lowest BCUT2D eigenvalue weighted by molar-refractivity contribution is 0.0706. The van der Waals surface area contributed by atoms with Crippen molar-refractivity contribution in [2.45, 2.75) is 25.7 Å². The molecule has 1 atom stereocenters. The van der Waals surface area contributed by atoms with E-state index in [-0.39, 0.29) is 17.7 Å². The van der Waals surface area contributed by atoms with E-state index in [0.717, 1.165) is 23.4 Å². The third-order valence-electron chi connectivity index (χ3n) is 5.07. The van der Waals surface area contributed by atoms with E-state index >= 15 is 0 Å². The molecule has 154 valence electrons. The van der Waals surface area contributed by atoms with E-state index in [1.807, 2.05) is 31.2 Å². The van der Waals surface area contributed by atoms with Gasteiger partial charge in [-0.3, -0.25) is 9.59 Å². The molecule has 0 spiro atoms. The van der Waals surface area contributed by atoms with Crippen LogP contribution in [0, 0.1) is 12.7 Å². The van der Waals surface area contributed by atoms with Gasteiger partial charge in [0, 0.05) is 30.3 Å². The third-order valence-corrected chi connectivity index (χ3v) is 6.16. The van der Waals surface area contributed by atoms with Crippen LogP contribution in [0.15, 0.2) is 48.5 Å². The highest BCUT2D eigenvalue weighted by Gasteiger charge is 2.28. The molecule has 2 amide bonds. The Labute approximate surface area is 177 Å². The average Bonchev–Trinajstić information content (AvgIpc) is 3.25. The van der Waals surface area contributed by atoms with Gasteiger partial charge in [-0.25, -0.2) is 4.39 Å². The van der Waals surface area contributed by atoms with Crippen molar-refractivity contribution in [1.29, 1.82) is 0 Å². The van der Waals surface area contributed by atoms with Crippen LogP contribution in [-0.2, 0) is 0 Å². The van der Waals surface area contributed by atoms with E-state index in [9.17, 15) is 14.0 Å². The topological polar surface area (TPSA) is 75.2 Å². The van der Waals surface area contributed by atoms with Crippen molar-refractivity contribution in [3.05, 3.63) is 75.5 Å². The van der Waals surface area contributed by atoms with Gasteiger partial charge in [0.15, 0.2) is 0 Å². The Bertz CT molecular complexity index is 1070. The number of halogens is 1. The fourth-order valence-corrected chi connectivity index (χ4v) is 4.34. The molecule has 6 nitrogen and oxygen atoms in total. The predicted molar refractivity (Wildman–Crippen MR) is 113 cm³/mol. The highest BCUT2D eigenvalue weighted by molar-refractivity contribution is 7.13. The van der Waals surface area contributed by atoms with E-state index in [0.29, 0.717) is 29.3 Å². The fourth-order valence-electron chi connectivity index (χ4n) is 3.48. The molecule has 1 fully saturated rings. The van der Waals surface area contributed by atoms with Gasteiger partial charge in [-0.15, -0.1) is 10.2 Å². The van der Waals surface area contributed by atoms with Crippen LogP contribution < -0.4 is 5.32 Å². The second-order valence-electron chi connectivity index (χ2n) is 7.37. The molecule has 1 N–H and O–H groups in total. The number of anilines is 1. The smallest absolute Gasteiger partial charge is 0.286 e. The van der Waals surface area contributed by atoms with Gasteiger partial charge in [-0.2, -0.15) is 0 Å². The standard InChI is InChI=1S/C22H21FN4O2S/c1-14-7-9-18(10-8-14)24-19(28)21-26-25-20(30-21)16-5-3-11-27(13-16)22(29)15-4-2-6-17(23)12-15/h2,4,6-10,12,16H,3,5,11,13H2,1H3,(H,24,28)/t16-/m1/s1. The van der Waals surface area contributed by atoms with E-state index in [4.69, 9.17) is 0 Å². The Morgan fingerprint density at radius 1 is 1.17 bits per heavy atom. The predicted octanol–water partition coefficient (Wildman–Crippen LogP) is 4.26. The van der Waals surface area contributed by atoms with Gasteiger partial charge >= 0.3 is 0 Å². The number of likely N-dealkylation sites (tertiary alicyclic amines) is 1. The minimum Gasteiger partial charge on any atom is -0.338 e. The van der Waals surface area contributed by atoms with Crippen LogP contribution in [0.25, 0.3) is 0 Å². The van der Waals surface area contributed by atoms with Gasteiger partial charge in [0.25, 0.3) is 11.8 Å². The number of carbonyl (C=O) groups is 2. The summed E-state index contributed by atoms with van der Waals surface area (Å²) < 4.78 is 13.5. The van der Waals surface area contributed by atoms with Crippen molar-refractivity contribution in [1.82, 2.24) is 15.1 Å². The number of piperidine rings is 1. The molecule has 3 aromatic rings. The number of hydrogen-bond acceptors (Lipinski definition) is 5. The minimum absolute atomic E-state index is 0.00897. The highest BCUT2D eigenvalue weighted by atomic mass is 32.1. The maximum Gasteiger partial charge on any atom is 0.286 e. The van der Waals surface area contributed by atoms with E-state index in [1.54, 1.807) is 11.0 Å². The lowest BCUT2D eigenvalue weighted by atomic mass is 9.98. The first-order valence-corrected chi connectivity index (χ1v) is 10.6.